The van der Waals surface area contributed by atoms with Crippen molar-refractivity contribution >= 4 is 23.2 Å². The molecular formula is C21H28N4O3. The Morgan fingerprint density at radius 3 is 2.96 bits per heavy atom. The number of imidazole rings is 1. The summed E-state index contributed by atoms with van der Waals surface area (Å²) in [7, 11) is 0. The molecule has 0 radical (unpaired) electrons. The number of hydrogen-bond donors (Lipinski definition) is 2. The molecule has 0 saturated carbocycles. The normalized spacial score (nSPS) is 25.1. The van der Waals surface area contributed by atoms with Gasteiger partial charge >= 0.3 is 0 Å². The molecule has 2 unspecified atom stereocenters. The second kappa shape index (κ2) is 7.64. The highest BCUT2D eigenvalue weighted by molar-refractivity contribution is 6.05. The molecule has 2 atom stereocenters. The van der Waals surface area contributed by atoms with Crippen molar-refractivity contribution < 1.29 is 14.3 Å². The van der Waals surface area contributed by atoms with Gasteiger partial charge in [0, 0.05) is 31.2 Å². The van der Waals surface area contributed by atoms with Gasteiger partial charge in [-0.25, -0.2) is 4.98 Å². The second-order valence-corrected chi connectivity index (χ2v) is 8.31. The van der Waals surface area contributed by atoms with E-state index in [9.17, 15) is 9.59 Å². The van der Waals surface area contributed by atoms with Crippen LogP contribution in [0.15, 0.2) is 18.2 Å². The highest BCUT2D eigenvalue weighted by Gasteiger charge is 2.40. The number of carbonyl (C=O) groups is 2. The topological polar surface area (TPSA) is 87.3 Å². The molecule has 7 heteroatoms. The Kier molecular flexibility index (Phi) is 5.21. The van der Waals surface area contributed by atoms with Crippen LogP contribution in [0.3, 0.4) is 0 Å². The van der Waals surface area contributed by atoms with E-state index in [1.165, 1.54) is 0 Å². The van der Waals surface area contributed by atoms with Gasteiger partial charge in [-0.05, 0) is 44.9 Å². The molecule has 2 saturated heterocycles. The highest BCUT2D eigenvalue weighted by Crippen LogP contribution is 2.36. The van der Waals surface area contributed by atoms with E-state index in [1.54, 1.807) is 13.0 Å². The molecule has 1 aromatic heterocycles. The van der Waals surface area contributed by atoms with E-state index in [1.807, 2.05) is 12.1 Å². The lowest BCUT2D eigenvalue weighted by Crippen LogP contribution is -2.39. The number of hydrogen-bond acceptors (Lipinski definition) is 5. The highest BCUT2D eigenvalue weighted by atomic mass is 16.5. The molecule has 2 aromatic rings. The van der Waals surface area contributed by atoms with E-state index in [0.717, 1.165) is 63.2 Å². The minimum absolute atomic E-state index is 0.0683. The zero-order chi connectivity index (χ0) is 19.7. The van der Waals surface area contributed by atoms with Gasteiger partial charge in [0.05, 0.1) is 17.1 Å². The number of rotatable bonds is 5. The summed E-state index contributed by atoms with van der Waals surface area (Å²) in [6.45, 7) is 7.62. The Balaban J connectivity index is 1.58. The summed E-state index contributed by atoms with van der Waals surface area (Å²) in [5, 5.41) is 2.70. The van der Waals surface area contributed by atoms with Crippen molar-refractivity contribution in [1.82, 2.24) is 20.2 Å². The van der Waals surface area contributed by atoms with Crippen LogP contribution in [0.1, 0.15) is 49.3 Å². The molecule has 2 N–H and O–H groups in total. The second-order valence-electron chi connectivity index (χ2n) is 8.31. The minimum Gasteiger partial charge on any atom is -0.381 e. The SMILES string of the molecule is CC(C=O)NC(=O)c1cccc2[nH]c(C3(C)CCN(C4CCOCC4)C3)nc12. The molecule has 7 nitrogen and oxygen atoms in total. The molecule has 150 valence electrons. The maximum Gasteiger partial charge on any atom is 0.254 e. The van der Waals surface area contributed by atoms with Crippen LogP contribution in [0.5, 0.6) is 0 Å². The van der Waals surface area contributed by atoms with Crippen LogP contribution in [0.25, 0.3) is 11.0 Å². The van der Waals surface area contributed by atoms with E-state index in [2.05, 4.69) is 22.1 Å². The number of H-pyrrole nitrogens is 1. The van der Waals surface area contributed by atoms with Gasteiger partial charge in [0.15, 0.2) is 0 Å². The number of benzene rings is 1. The first kappa shape index (κ1) is 19.1. The van der Waals surface area contributed by atoms with Crippen LogP contribution in [0, 0.1) is 0 Å². The Bertz CT molecular complexity index is 874. The van der Waals surface area contributed by atoms with Crippen molar-refractivity contribution in [1.29, 1.82) is 0 Å². The molecular weight excluding hydrogens is 356 g/mol. The lowest BCUT2D eigenvalue weighted by atomic mass is 9.89. The molecule has 2 aliphatic rings. The lowest BCUT2D eigenvalue weighted by Gasteiger charge is -2.32. The fourth-order valence-corrected chi connectivity index (χ4v) is 4.37. The average molecular weight is 384 g/mol. The van der Waals surface area contributed by atoms with E-state index in [4.69, 9.17) is 9.72 Å². The monoisotopic (exact) mass is 384 g/mol. The van der Waals surface area contributed by atoms with Crippen molar-refractivity contribution in [3.8, 4) is 0 Å². The fourth-order valence-electron chi connectivity index (χ4n) is 4.37. The summed E-state index contributed by atoms with van der Waals surface area (Å²) < 4.78 is 5.50. The largest absolute Gasteiger partial charge is 0.381 e. The van der Waals surface area contributed by atoms with Crippen molar-refractivity contribution in [2.45, 2.75) is 50.6 Å². The third kappa shape index (κ3) is 3.56. The van der Waals surface area contributed by atoms with Gasteiger partial charge in [0.1, 0.15) is 17.6 Å². The third-order valence-corrected chi connectivity index (χ3v) is 6.10. The molecule has 0 bridgehead atoms. The number of nitrogens with one attached hydrogen (secondary N) is 2. The first-order valence-corrected chi connectivity index (χ1v) is 10.1. The molecule has 2 fully saturated rings. The number of ether oxygens (including phenoxy) is 1. The molecule has 2 aliphatic heterocycles. The molecule has 1 amide bonds. The van der Waals surface area contributed by atoms with E-state index in [-0.39, 0.29) is 11.3 Å². The number of likely N-dealkylation sites (tertiary alicyclic amines) is 1. The molecule has 0 aliphatic carbocycles. The van der Waals surface area contributed by atoms with E-state index < -0.39 is 6.04 Å². The average Bonchev–Trinajstić information content (AvgIpc) is 3.33. The number of amides is 1. The first-order valence-electron chi connectivity index (χ1n) is 10.1. The maximum atomic E-state index is 12.6. The Hall–Kier alpha value is -2.25. The first-order chi connectivity index (χ1) is 13.5. The number of aromatic nitrogens is 2. The van der Waals surface area contributed by atoms with E-state index in [0.29, 0.717) is 17.1 Å². The number of aldehydes is 1. The van der Waals surface area contributed by atoms with Gasteiger partial charge in [-0.2, -0.15) is 0 Å². The molecule has 1 aromatic carbocycles. The standard InChI is InChI=1S/C21H28N4O3/c1-14(12-26)22-19(27)16-4-3-5-17-18(16)24-20(23-17)21(2)8-9-25(13-21)15-6-10-28-11-7-15/h3-5,12,14-15H,6-11,13H2,1-2H3,(H,22,27)(H,23,24). The predicted molar refractivity (Wildman–Crippen MR) is 106 cm³/mol. The summed E-state index contributed by atoms with van der Waals surface area (Å²) in [5.41, 5.74) is 1.95. The smallest absolute Gasteiger partial charge is 0.254 e. The van der Waals surface area contributed by atoms with Crippen LogP contribution in [-0.4, -0.2) is 65.4 Å². The van der Waals surface area contributed by atoms with Gasteiger partial charge in [0.2, 0.25) is 0 Å². The van der Waals surface area contributed by atoms with Crippen LogP contribution in [0.2, 0.25) is 0 Å². The maximum absolute atomic E-state index is 12.6. The minimum atomic E-state index is -0.526. The Morgan fingerprint density at radius 2 is 2.21 bits per heavy atom. The zero-order valence-corrected chi connectivity index (χ0v) is 16.5. The number of fused-ring (bicyclic) bond motifs is 1. The third-order valence-electron chi connectivity index (χ3n) is 6.10. The summed E-state index contributed by atoms with van der Waals surface area (Å²) in [6, 6.07) is 5.61. The van der Waals surface area contributed by atoms with Crippen LogP contribution < -0.4 is 5.32 Å². The van der Waals surface area contributed by atoms with E-state index >= 15 is 0 Å². The lowest BCUT2D eigenvalue weighted by molar-refractivity contribution is -0.109. The fraction of sp³-hybridized carbons (Fsp3) is 0.571. The molecule has 3 heterocycles. The number of carbonyl (C=O) groups excluding carboxylic acids is 2. The predicted octanol–water partition coefficient (Wildman–Crippen LogP) is 2.02. The molecule has 4 rings (SSSR count). The number of para-hydroxylation sites is 1. The van der Waals surface area contributed by atoms with Gasteiger partial charge < -0.3 is 19.8 Å². The Labute approximate surface area is 164 Å². The van der Waals surface area contributed by atoms with Gasteiger partial charge in [-0.15, -0.1) is 0 Å². The molecule has 28 heavy (non-hydrogen) atoms. The zero-order valence-electron chi connectivity index (χ0n) is 16.5. The van der Waals surface area contributed by atoms with Crippen LogP contribution in [-0.2, 0) is 14.9 Å². The van der Waals surface area contributed by atoms with Crippen LogP contribution in [0.4, 0.5) is 0 Å². The quantitative estimate of drug-likeness (QED) is 0.770. The summed E-state index contributed by atoms with van der Waals surface area (Å²) in [5.74, 6) is 0.657. The van der Waals surface area contributed by atoms with Crippen molar-refractivity contribution in [3.05, 3.63) is 29.6 Å². The van der Waals surface area contributed by atoms with Gasteiger partial charge in [-0.1, -0.05) is 13.0 Å². The summed E-state index contributed by atoms with van der Waals surface area (Å²) in [4.78, 5) is 34.3. The summed E-state index contributed by atoms with van der Waals surface area (Å²) in [6.07, 6.45) is 3.94. The van der Waals surface area contributed by atoms with Crippen molar-refractivity contribution in [3.63, 3.8) is 0 Å². The van der Waals surface area contributed by atoms with Crippen LogP contribution >= 0.6 is 0 Å². The number of nitrogens with zero attached hydrogens (tertiary/aromatic N) is 2. The van der Waals surface area contributed by atoms with Gasteiger partial charge in [0.25, 0.3) is 5.91 Å². The summed E-state index contributed by atoms with van der Waals surface area (Å²) >= 11 is 0. The molecule has 0 spiro atoms. The van der Waals surface area contributed by atoms with Crippen molar-refractivity contribution in [2.24, 2.45) is 0 Å². The van der Waals surface area contributed by atoms with Crippen molar-refractivity contribution in [2.75, 3.05) is 26.3 Å². The number of aromatic amines is 1. The van der Waals surface area contributed by atoms with Gasteiger partial charge in [-0.3, -0.25) is 9.69 Å². The Morgan fingerprint density at radius 1 is 1.43 bits per heavy atom.